The maximum atomic E-state index is 13.0. The predicted octanol–water partition coefficient (Wildman–Crippen LogP) is 3.02. The van der Waals surface area contributed by atoms with Gasteiger partial charge in [0.05, 0.1) is 11.9 Å². The molecule has 0 saturated carbocycles. The van der Waals surface area contributed by atoms with Gasteiger partial charge in [0.2, 0.25) is 5.82 Å². The Kier molecular flexibility index (Phi) is 4.17. The fraction of sp³-hybridized carbons (Fsp3) is 0.0556. The highest BCUT2D eigenvalue weighted by Gasteiger charge is 2.18. The summed E-state index contributed by atoms with van der Waals surface area (Å²) in [5.74, 6) is -0.938. The summed E-state index contributed by atoms with van der Waals surface area (Å²) >= 11 is 0. The molecule has 2 heterocycles. The molecule has 0 aliphatic carbocycles. The number of halogens is 1. The van der Waals surface area contributed by atoms with Crippen molar-refractivity contribution in [1.29, 1.82) is 0 Å². The van der Waals surface area contributed by atoms with E-state index in [-0.39, 0.29) is 17.5 Å². The first-order chi connectivity index (χ1) is 13.1. The first-order valence-electron chi connectivity index (χ1n) is 7.99. The topological polar surface area (TPSA) is 98.7 Å². The van der Waals surface area contributed by atoms with Gasteiger partial charge in [0.15, 0.2) is 5.69 Å². The van der Waals surface area contributed by atoms with Gasteiger partial charge in [-0.05, 0) is 48.9 Å². The quantitative estimate of drug-likeness (QED) is 0.598. The highest BCUT2D eigenvalue weighted by atomic mass is 19.1. The summed E-state index contributed by atoms with van der Waals surface area (Å²) < 4.78 is 19.5. The van der Waals surface area contributed by atoms with Gasteiger partial charge in [-0.3, -0.25) is 4.79 Å². The molecule has 134 valence electrons. The van der Waals surface area contributed by atoms with Crippen molar-refractivity contribution in [1.82, 2.24) is 25.1 Å². The number of nitrogens with zero attached hydrogens (tertiary/aromatic N) is 5. The molecule has 0 aliphatic rings. The van der Waals surface area contributed by atoms with Gasteiger partial charge in [0.1, 0.15) is 5.82 Å². The third-order valence-corrected chi connectivity index (χ3v) is 3.71. The fourth-order valence-corrected chi connectivity index (χ4v) is 2.41. The van der Waals surface area contributed by atoms with Crippen LogP contribution in [0.4, 0.5) is 10.1 Å². The van der Waals surface area contributed by atoms with Crippen molar-refractivity contribution in [3.63, 3.8) is 0 Å². The molecule has 0 spiro atoms. The molecule has 27 heavy (non-hydrogen) atoms. The zero-order valence-electron chi connectivity index (χ0n) is 14.1. The average molecular weight is 364 g/mol. The average Bonchev–Trinajstić information content (AvgIpc) is 3.32. The molecule has 2 aromatic carbocycles. The zero-order valence-corrected chi connectivity index (χ0v) is 14.1. The summed E-state index contributed by atoms with van der Waals surface area (Å²) in [4.78, 5) is 16.3. The number of hydrogen-bond acceptors (Lipinski definition) is 6. The molecule has 0 bridgehead atoms. The van der Waals surface area contributed by atoms with Gasteiger partial charge in [-0.15, -0.1) is 5.10 Å². The molecule has 4 aromatic rings. The summed E-state index contributed by atoms with van der Waals surface area (Å²) in [6.07, 6.45) is 1.56. The van der Waals surface area contributed by atoms with E-state index in [1.165, 1.54) is 16.8 Å². The number of aryl methyl sites for hydroxylation is 1. The lowest BCUT2D eigenvalue weighted by Crippen LogP contribution is -2.12. The van der Waals surface area contributed by atoms with E-state index in [1.54, 1.807) is 24.4 Å². The second-order valence-electron chi connectivity index (χ2n) is 5.77. The summed E-state index contributed by atoms with van der Waals surface area (Å²) in [6.45, 7) is 1.92. The number of aromatic nitrogens is 5. The zero-order chi connectivity index (χ0) is 18.8. The summed E-state index contributed by atoms with van der Waals surface area (Å²) in [7, 11) is 0. The number of carbonyl (C=O) groups is 1. The van der Waals surface area contributed by atoms with Crippen LogP contribution >= 0.6 is 0 Å². The van der Waals surface area contributed by atoms with E-state index < -0.39 is 5.91 Å². The minimum Gasteiger partial charge on any atom is -0.328 e. The number of carbonyl (C=O) groups excluding carboxylic acids is 1. The van der Waals surface area contributed by atoms with Crippen LogP contribution in [0.1, 0.15) is 16.2 Å². The lowest BCUT2D eigenvalue weighted by Gasteiger charge is -2.02. The first kappa shape index (κ1) is 16.6. The van der Waals surface area contributed by atoms with Crippen LogP contribution in [0.15, 0.2) is 59.3 Å². The van der Waals surface area contributed by atoms with E-state index >= 15 is 0 Å². The minimum absolute atomic E-state index is 0.123. The number of anilines is 1. The van der Waals surface area contributed by atoms with E-state index in [2.05, 4.69) is 25.8 Å². The fourth-order valence-electron chi connectivity index (χ4n) is 2.41. The van der Waals surface area contributed by atoms with Crippen molar-refractivity contribution in [2.75, 3.05) is 5.32 Å². The molecular formula is C18H13FN6O2. The Labute approximate surface area is 152 Å². The second-order valence-corrected chi connectivity index (χ2v) is 5.77. The number of rotatable bonds is 4. The van der Waals surface area contributed by atoms with Crippen LogP contribution in [0.2, 0.25) is 0 Å². The van der Waals surface area contributed by atoms with Gasteiger partial charge in [0, 0.05) is 5.69 Å². The number of amides is 1. The second kappa shape index (κ2) is 6.79. The van der Waals surface area contributed by atoms with Gasteiger partial charge >= 0.3 is 11.8 Å². The maximum Gasteiger partial charge on any atom is 0.316 e. The van der Waals surface area contributed by atoms with Gasteiger partial charge in [-0.25, -0.2) is 9.07 Å². The molecule has 0 radical (unpaired) electrons. The van der Waals surface area contributed by atoms with Crippen LogP contribution in [0.25, 0.3) is 17.2 Å². The van der Waals surface area contributed by atoms with Crippen molar-refractivity contribution < 1.29 is 13.7 Å². The van der Waals surface area contributed by atoms with Crippen molar-refractivity contribution in [3.8, 4) is 17.2 Å². The molecule has 1 N–H and O–H groups in total. The molecule has 4 rings (SSSR count). The van der Waals surface area contributed by atoms with Crippen molar-refractivity contribution in [3.05, 3.63) is 72.0 Å². The van der Waals surface area contributed by atoms with Gasteiger partial charge in [-0.2, -0.15) is 4.98 Å². The Hall–Kier alpha value is -3.88. The number of benzene rings is 2. The third kappa shape index (κ3) is 3.56. The van der Waals surface area contributed by atoms with Gasteiger partial charge < -0.3 is 9.84 Å². The molecule has 0 atom stereocenters. The number of hydrogen-bond donors (Lipinski definition) is 1. The monoisotopic (exact) mass is 364 g/mol. The Balaban J connectivity index is 1.52. The van der Waals surface area contributed by atoms with Gasteiger partial charge in [-0.1, -0.05) is 22.5 Å². The van der Waals surface area contributed by atoms with E-state index in [9.17, 15) is 9.18 Å². The number of nitrogens with one attached hydrogen (secondary N) is 1. The highest BCUT2D eigenvalue weighted by molar-refractivity contribution is 6.01. The van der Waals surface area contributed by atoms with Crippen LogP contribution in [0.3, 0.4) is 0 Å². The standard InChI is InChI=1S/C18H13FN6O2/c1-11-3-2-4-13(9-11)20-17(26)18-21-16(23-27-18)15-10-25(24-22-15)14-7-5-12(19)6-8-14/h2-10H,1H3,(H,20,26). The van der Waals surface area contributed by atoms with Gasteiger partial charge in [0.25, 0.3) is 0 Å². The van der Waals surface area contributed by atoms with E-state index in [0.717, 1.165) is 5.56 Å². The molecule has 0 fully saturated rings. The summed E-state index contributed by atoms with van der Waals surface area (Å²) in [5.41, 5.74) is 2.58. The Morgan fingerprint density at radius 1 is 1.19 bits per heavy atom. The molecule has 1 amide bonds. The molecule has 8 nitrogen and oxygen atoms in total. The van der Waals surface area contributed by atoms with Crippen molar-refractivity contribution in [2.24, 2.45) is 0 Å². The maximum absolute atomic E-state index is 13.0. The molecule has 0 unspecified atom stereocenters. The van der Waals surface area contributed by atoms with Crippen molar-refractivity contribution in [2.45, 2.75) is 6.92 Å². The molecule has 0 saturated heterocycles. The van der Waals surface area contributed by atoms with Crippen LogP contribution in [-0.2, 0) is 0 Å². The first-order valence-corrected chi connectivity index (χ1v) is 7.99. The predicted molar refractivity (Wildman–Crippen MR) is 93.7 cm³/mol. The molecule has 2 aromatic heterocycles. The van der Waals surface area contributed by atoms with E-state index in [0.29, 0.717) is 17.1 Å². The molecule has 9 heteroatoms. The summed E-state index contributed by atoms with van der Waals surface area (Å²) in [5, 5.41) is 14.4. The normalized spacial score (nSPS) is 10.7. The highest BCUT2D eigenvalue weighted by Crippen LogP contribution is 2.16. The van der Waals surface area contributed by atoms with Crippen LogP contribution in [-0.4, -0.2) is 31.0 Å². The van der Waals surface area contributed by atoms with E-state index in [4.69, 9.17) is 4.52 Å². The van der Waals surface area contributed by atoms with Crippen LogP contribution in [0.5, 0.6) is 0 Å². The third-order valence-electron chi connectivity index (χ3n) is 3.71. The Morgan fingerprint density at radius 2 is 2.00 bits per heavy atom. The van der Waals surface area contributed by atoms with Crippen LogP contribution in [0, 0.1) is 12.7 Å². The van der Waals surface area contributed by atoms with E-state index in [1.807, 2.05) is 25.1 Å². The lowest BCUT2D eigenvalue weighted by atomic mass is 10.2. The molecule has 0 aliphatic heterocycles. The largest absolute Gasteiger partial charge is 0.328 e. The summed E-state index contributed by atoms with van der Waals surface area (Å²) in [6, 6.07) is 13.1. The SMILES string of the molecule is Cc1cccc(NC(=O)c2nc(-c3cn(-c4ccc(F)cc4)nn3)no2)c1. The smallest absolute Gasteiger partial charge is 0.316 e. The molecular weight excluding hydrogens is 351 g/mol. The Bertz CT molecular complexity index is 1100. The Morgan fingerprint density at radius 3 is 2.78 bits per heavy atom. The lowest BCUT2D eigenvalue weighted by molar-refractivity contribution is 0.0981. The minimum atomic E-state index is -0.523. The van der Waals surface area contributed by atoms with Crippen LogP contribution < -0.4 is 5.32 Å². The van der Waals surface area contributed by atoms with Crippen molar-refractivity contribution >= 4 is 11.6 Å².